The number of benzene rings is 3. The van der Waals surface area contributed by atoms with E-state index in [0.717, 1.165) is 45.3 Å². The van der Waals surface area contributed by atoms with Gasteiger partial charge >= 0.3 is 0 Å². The molecule has 0 fully saturated rings. The van der Waals surface area contributed by atoms with Gasteiger partial charge in [-0.15, -0.1) is 35.1 Å². The van der Waals surface area contributed by atoms with Gasteiger partial charge in [0.1, 0.15) is 15.8 Å². The SMILES string of the molecule is COc1ccc(S(=O)(=O)Nc2ccccc2C(=O)Nc2sc3c(c2-c2nc4ccccc4s2)CCN(C)C3)cc1.Cl. The molecular formula is C29H27ClN4O4S3. The predicted molar refractivity (Wildman–Crippen MR) is 168 cm³/mol. The summed E-state index contributed by atoms with van der Waals surface area (Å²) in [7, 11) is -0.337. The van der Waals surface area contributed by atoms with Crippen LogP contribution in [0.25, 0.3) is 20.8 Å². The maximum atomic E-state index is 13.7. The second kappa shape index (κ2) is 11.8. The zero-order chi connectivity index (χ0) is 27.9. The van der Waals surface area contributed by atoms with Gasteiger partial charge < -0.3 is 15.0 Å². The molecule has 12 heteroatoms. The second-order valence-corrected chi connectivity index (χ2v) is 13.3. The number of hydrogen-bond acceptors (Lipinski definition) is 8. The third kappa shape index (κ3) is 5.81. The van der Waals surface area contributed by atoms with Crippen molar-refractivity contribution in [2.45, 2.75) is 17.9 Å². The van der Waals surface area contributed by atoms with Crippen molar-refractivity contribution < 1.29 is 17.9 Å². The minimum absolute atomic E-state index is 0. The topological polar surface area (TPSA) is 101 Å². The Hall–Kier alpha value is -3.48. The van der Waals surface area contributed by atoms with Crippen LogP contribution in [0.2, 0.25) is 0 Å². The number of likely N-dealkylation sites (N-methyl/N-ethyl adjacent to an activating group) is 1. The summed E-state index contributed by atoms with van der Waals surface area (Å²) in [6.07, 6.45) is 0.863. The van der Waals surface area contributed by atoms with Crippen molar-refractivity contribution in [1.82, 2.24) is 9.88 Å². The lowest BCUT2D eigenvalue weighted by Crippen LogP contribution is -2.25. The number of para-hydroxylation sites is 2. The van der Waals surface area contributed by atoms with Crippen LogP contribution in [0.5, 0.6) is 5.75 Å². The minimum Gasteiger partial charge on any atom is -0.497 e. The molecule has 8 nitrogen and oxygen atoms in total. The molecule has 0 atom stereocenters. The van der Waals surface area contributed by atoms with Crippen LogP contribution in [0.4, 0.5) is 10.7 Å². The van der Waals surface area contributed by atoms with Crippen LogP contribution in [-0.4, -0.2) is 44.9 Å². The van der Waals surface area contributed by atoms with E-state index in [-0.39, 0.29) is 28.6 Å². The number of methoxy groups -OCH3 is 1. The Kier molecular flexibility index (Phi) is 8.35. The molecule has 3 aromatic carbocycles. The number of thiophene rings is 1. The fourth-order valence-corrected chi connectivity index (χ4v) is 8.24. The maximum absolute atomic E-state index is 13.7. The van der Waals surface area contributed by atoms with Crippen LogP contribution in [-0.2, 0) is 23.0 Å². The van der Waals surface area contributed by atoms with Crippen LogP contribution in [0.1, 0.15) is 20.8 Å². The molecule has 1 aliphatic heterocycles. The van der Waals surface area contributed by atoms with E-state index >= 15 is 0 Å². The summed E-state index contributed by atoms with van der Waals surface area (Å²) in [5, 5.41) is 4.69. The predicted octanol–water partition coefficient (Wildman–Crippen LogP) is 6.50. The van der Waals surface area contributed by atoms with Gasteiger partial charge in [-0.1, -0.05) is 24.3 Å². The number of carbonyl (C=O) groups is 1. The molecule has 0 radical (unpaired) electrons. The Labute approximate surface area is 252 Å². The number of thiazole rings is 1. The molecule has 0 aliphatic carbocycles. The fourth-order valence-electron chi connectivity index (χ4n) is 4.72. The molecular weight excluding hydrogens is 600 g/mol. The first-order chi connectivity index (χ1) is 19.3. The molecule has 2 aromatic heterocycles. The van der Waals surface area contributed by atoms with Crippen LogP contribution in [0, 0.1) is 0 Å². The van der Waals surface area contributed by atoms with Crippen molar-refractivity contribution in [2.75, 3.05) is 30.7 Å². The smallest absolute Gasteiger partial charge is 0.261 e. The molecule has 1 amide bonds. The fraction of sp³-hybridized carbons (Fsp3) is 0.172. The quantitative estimate of drug-likeness (QED) is 0.214. The van der Waals surface area contributed by atoms with E-state index in [2.05, 4.69) is 22.0 Å². The number of fused-ring (bicyclic) bond motifs is 2. The molecule has 41 heavy (non-hydrogen) atoms. The molecule has 1 aliphatic rings. The molecule has 0 bridgehead atoms. The van der Waals surface area contributed by atoms with Crippen LogP contribution in [0.3, 0.4) is 0 Å². The lowest BCUT2D eigenvalue weighted by Gasteiger charge is -2.22. The molecule has 6 rings (SSSR count). The maximum Gasteiger partial charge on any atom is 0.261 e. The van der Waals surface area contributed by atoms with Crippen molar-refractivity contribution in [3.8, 4) is 16.3 Å². The van der Waals surface area contributed by atoms with Crippen LogP contribution >= 0.6 is 35.1 Å². The Morgan fingerprint density at radius 3 is 2.49 bits per heavy atom. The summed E-state index contributed by atoms with van der Waals surface area (Å²) in [6.45, 7) is 1.72. The molecule has 0 spiro atoms. The van der Waals surface area contributed by atoms with Gasteiger partial charge in [-0.05, 0) is 67.6 Å². The van der Waals surface area contributed by atoms with Gasteiger partial charge in [-0.2, -0.15) is 0 Å². The molecule has 0 saturated heterocycles. The van der Waals surface area contributed by atoms with E-state index < -0.39 is 15.9 Å². The summed E-state index contributed by atoms with van der Waals surface area (Å²) in [5.74, 6) is 0.148. The van der Waals surface area contributed by atoms with Gasteiger partial charge in [-0.3, -0.25) is 9.52 Å². The van der Waals surface area contributed by atoms with Crippen molar-refractivity contribution in [3.63, 3.8) is 0 Å². The number of nitrogens with one attached hydrogen (secondary N) is 2. The number of anilines is 2. The first-order valence-electron chi connectivity index (χ1n) is 12.6. The number of sulfonamides is 1. The summed E-state index contributed by atoms with van der Waals surface area (Å²) < 4.78 is 35.1. The normalized spacial score (nSPS) is 13.3. The number of aromatic nitrogens is 1. The summed E-state index contributed by atoms with van der Waals surface area (Å²) in [4.78, 5) is 22.1. The lowest BCUT2D eigenvalue weighted by atomic mass is 10.0. The van der Waals surface area contributed by atoms with Gasteiger partial charge in [0, 0.05) is 23.5 Å². The largest absolute Gasteiger partial charge is 0.497 e. The molecule has 0 saturated carbocycles. The molecule has 0 unspecified atom stereocenters. The highest BCUT2D eigenvalue weighted by Gasteiger charge is 2.28. The highest BCUT2D eigenvalue weighted by molar-refractivity contribution is 7.92. The van der Waals surface area contributed by atoms with Crippen molar-refractivity contribution in [1.29, 1.82) is 0 Å². The Balaban J connectivity index is 0.00000337. The van der Waals surface area contributed by atoms with E-state index in [1.54, 1.807) is 59.1 Å². The number of ether oxygens (including phenoxy) is 1. The van der Waals surface area contributed by atoms with Gasteiger partial charge in [0.2, 0.25) is 0 Å². The second-order valence-electron chi connectivity index (χ2n) is 9.46. The number of amides is 1. The molecule has 3 heterocycles. The van der Waals surface area contributed by atoms with E-state index in [4.69, 9.17) is 9.72 Å². The van der Waals surface area contributed by atoms with Gasteiger partial charge in [0.05, 0.1) is 33.5 Å². The third-order valence-corrected chi connectivity index (χ3v) is 10.3. The van der Waals surface area contributed by atoms with Crippen molar-refractivity contribution in [2.24, 2.45) is 0 Å². The summed E-state index contributed by atoms with van der Waals surface area (Å²) in [6, 6.07) is 20.7. The molecule has 2 N–H and O–H groups in total. The van der Waals surface area contributed by atoms with Crippen LogP contribution < -0.4 is 14.8 Å². The summed E-state index contributed by atoms with van der Waals surface area (Å²) >= 11 is 3.16. The number of nitrogens with zero attached hydrogens (tertiary/aromatic N) is 2. The third-order valence-electron chi connectivity index (χ3n) is 6.77. The van der Waals surface area contributed by atoms with E-state index in [1.807, 2.05) is 24.3 Å². The lowest BCUT2D eigenvalue weighted by molar-refractivity contribution is 0.102. The Morgan fingerprint density at radius 2 is 1.73 bits per heavy atom. The van der Waals surface area contributed by atoms with Crippen molar-refractivity contribution >= 4 is 71.9 Å². The first-order valence-corrected chi connectivity index (χ1v) is 15.7. The minimum atomic E-state index is -3.94. The van der Waals surface area contributed by atoms with Gasteiger partial charge in [0.25, 0.3) is 15.9 Å². The monoisotopic (exact) mass is 626 g/mol. The molecule has 5 aromatic rings. The standard InChI is InChI=1S/C29H26N4O4S3.ClH/c1-33-16-15-21-25(17-33)39-29(26(21)28-30-23-9-5-6-10-24(23)38-28)31-27(34)20-7-3-4-8-22(20)32-40(35,36)19-13-11-18(37-2)12-14-19;/h3-14,32H,15-17H2,1-2H3,(H,31,34);1H. The number of halogens is 1. The Bertz CT molecular complexity index is 1800. The average Bonchev–Trinajstić information content (AvgIpc) is 3.53. The zero-order valence-electron chi connectivity index (χ0n) is 22.2. The highest BCUT2D eigenvalue weighted by Crippen LogP contribution is 2.45. The van der Waals surface area contributed by atoms with Crippen molar-refractivity contribution in [3.05, 3.63) is 88.8 Å². The van der Waals surface area contributed by atoms with E-state index in [0.29, 0.717) is 5.75 Å². The molecule has 212 valence electrons. The number of carbonyl (C=O) groups excluding carboxylic acids is 1. The van der Waals surface area contributed by atoms with E-state index in [9.17, 15) is 13.2 Å². The van der Waals surface area contributed by atoms with E-state index in [1.165, 1.54) is 29.7 Å². The highest BCUT2D eigenvalue weighted by atomic mass is 35.5. The average molecular weight is 627 g/mol. The summed E-state index contributed by atoms with van der Waals surface area (Å²) in [5.41, 5.74) is 3.51. The first kappa shape index (κ1) is 29.0. The zero-order valence-corrected chi connectivity index (χ0v) is 25.5. The van der Waals surface area contributed by atoms with Gasteiger partial charge in [-0.25, -0.2) is 13.4 Å². The van der Waals surface area contributed by atoms with Crippen LogP contribution in [0.15, 0.2) is 77.7 Å². The number of rotatable bonds is 7. The Morgan fingerprint density at radius 1 is 1.00 bits per heavy atom. The van der Waals surface area contributed by atoms with Gasteiger partial charge in [0.15, 0.2) is 0 Å². The number of hydrogen-bond donors (Lipinski definition) is 2.